The molecule has 0 spiro atoms. The highest BCUT2D eigenvalue weighted by Gasteiger charge is 2.48. The fraction of sp³-hybridized carbons (Fsp3) is 0.538. The molecule has 3 aromatic heterocycles. The van der Waals surface area contributed by atoms with Gasteiger partial charge in [-0.05, 0) is 30.4 Å². The van der Waals surface area contributed by atoms with Crippen molar-refractivity contribution in [2.24, 2.45) is 24.3 Å². The van der Waals surface area contributed by atoms with Crippen LogP contribution in [0.2, 0.25) is 0 Å². The first-order chi connectivity index (χ1) is 17.0. The minimum absolute atomic E-state index is 0.0286. The molecule has 36 heavy (non-hydrogen) atoms. The predicted octanol–water partition coefficient (Wildman–Crippen LogP) is 4.01. The van der Waals surface area contributed by atoms with Crippen LogP contribution in [0.1, 0.15) is 46.1 Å². The molecule has 1 aliphatic heterocycles. The molecule has 0 bridgehead atoms. The molecule has 1 saturated heterocycles. The lowest BCUT2D eigenvalue weighted by molar-refractivity contribution is -0.117. The maximum atomic E-state index is 12.1. The van der Waals surface area contributed by atoms with E-state index in [1.54, 1.807) is 10.7 Å². The van der Waals surface area contributed by atoms with Gasteiger partial charge in [0.25, 0.3) is 0 Å². The number of hydrogen-bond acceptors (Lipinski definition) is 5. The molecule has 3 unspecified atom stereocenters. The van der Waals surface area contributed by atoms with Crippen molar-refractivity contribution in [3.8, 4) is 11.3 Å². The highest BCUT2D eigenvalue weighted by atomic mass is 16.5. The molecule has 0 aromatic carbocycles. The van der Waals surface area contributed by atoms with Gasteiger partial charge in [0.05, 0.1) is 36.2 Å². The van der Waals surface area contributed by atoms with E-state index in [4.69, 9.17) is 4.74 Å². The molecule has 3 aromatic rings. The third-order valence-corrected chi connectivity index (χ3v) is 7.21. The summed E-state index contributed by atoms with van der Waals surface area (Å²) < 4.78 is 10.00. The van der Waals surface area contributed by atoms with Crippen LogP contribution in [0, 0.1) is 17.3 Å². The lowest BCUT2D eigenvalue weighted by Gasteiger charge is -2.37. The van der Waals surface area contributed by atoms with Gasteiger partial charge >= 0.3 is 6.09 Å². The van der Waals surface area contributed by atoms with Gasteiger partial charge in [0.15, 0.2) is 5.82 Å². The van der Waals surface area contributed by atoms with Crippen LogP contribution in [-0.2, 0) is 23.2 Å². The van der Waals surface area contributed by atoms with E-state index in [2.05, 4.69) is 36.3 Å². The summed E-state index contributed by atoms with van der Waals surface area (Å²) in [6, 6.07) is 5.61. The van der Waals surface area contributed by atoms with Crippen LogP contribution >= 0.6 is 0 Å². The number of aromatic nitrogens is 4. The average molecular weight is 495 g/mol. The first kappa shape index (κ1) is 24.3. The van der Waals surface area contributed by atoms with Gasteiger partial charge < -0.3 is 20.1 Å². The standard InChI is InChI=1S/C26H34N6O4/c1-15-13-31(25(34)35)23(26(2,3)4)22(15)36-14-18-12-27-30(5)21(18)17-8-9-32-19(10-17)11-20(29-32)28-24(33)16-6-7-16/h8-12,15-16,22-23H,6-7,13-14H2,1-5H3,(H,34,35)(H,28,29,33). The highest BCUT2D eigenvalue weighted by Crippen LogP contribution is 2.38. The summed E-state index contributed by atoms with van der Waals surface area (Å²) in [5.41, 5.74) is 3.42. The van der Waals surface area contributed by atoms with Crippen LogP contribution in [0.3, 0.4) is 0 Å². The van der Waals surface area contributed by atoms with Crippen molar-refractivity contribution < 1.29 is 19.4 Å². The number of pyridine rings is 1. The Kier molecular flexibility index (Phi) is 6.02. The molecular weight excluding hydrogens is 460 g/mol. The van der Waals surface area contributed by atoms with Crippen molar-refractivity contribution in [2.75, 3.05) is 11.9 Å². The van der Waals surface area contributed by atoms with Crippen molar-refractivity contribution in [3.63, 3.8) is 0 Å². The molecule has 5 rings (SSSR count). The molecular formula is C26H34N6O4. The number of fused-ring (bicyclic) bond motifs is 1. The molecule has 2 N–H and O–H groups in total. The molecule has 4 heterocycles. The molecule has 1 aliphatic carbocycles. The number of nitrogens with one attached hydrogen (secondary N) is 1. The van der Waals surface area contributed by atoms with Crippen molar-refractivity contribution in [1.82, 2.24) is 24.3 Å². The number of carbonyl (C=O) groups is 2. The smallest absolute Gasteiger partial charge is 0.407 e. The first-order valence-corrected chi connectivity index (χ1v) is 12.5. The van der Waals surface area contributed by atoms with E-state index < -0.39 is 6.09 Å². The Bertz CT molecular complexity index is 1300. The first-order valence-electron chi connectivity index (χ1n) is 12.5. The molecule has 2 aliphatic rings. The van der Waals surface area contributed by atoms with E-state index in [1.807, 2.05) is 43.0 Å². The number of carbonyl (C=O) groups excluding carboxylic acids is 1. The topological polar surface area (TPSA) is 114 Å². The maximum absolute atomic E-state index is 12.1. The number of likely N-dealkylation sites (tertiary alicyclic amines) is 1. The quantitative estimate of drug-likeness (QED) is 0.535. The Hall–Kier alpha value is -3.40. The van der Waals surface area contributed by atoms with Gasteiger partial charge in [-0.2, -0.15) is 10.2 Å². The molecule has 10 nitrogen and oxygen atoms in total. The second-order valence-electron chi connectivity index (χ2n) is 11.2. The largest absolute Gasteiger partial charge is 0.465 e. The zero-order valence-electron chi connectivity index (χ0n) is 21.4. The molecule has 10 heteroatoms. The number of anilines is 1. The third kappa shape index (κ3) is 4.57. The number of amides is 2. The van der Waals surface area contributed by atoms with Gasteiger partial charge in [-0.15, -0.1) is 0 Å². The van der Waals surface area contributed by atoms with Crippen LogP contribution in [0.15, 0.2) is 30.6 Å². The Labute approximate surface area is 210 Å². The van der Waals surface area contributed by atoms with E-state index in [-0.39, 0.29) is 35.3 Å². The number of rotatable bonds is 6. The summed E-state index contributed by atoms with van der Waals surface area (Å²) in [5.74, 6) is 0.771. The van der Waals surface area contributed by atoms with Gasteiger partial charge in [0.1, 0.15) is 0 Å². The highest BCUT2D eigenvalue weighted by molar-refractivity contribution is 5.93. The lowest BCUT2D eigenvalue weighted by atomic mass is 9.82. The van der Waals surface area contributed by atoms with Gasteiger partial charge in [0, 0.05) is 48.8 Å². The van der Waals surface area contributed by atoms with Crippen LogP contribution in [0.5, 0.6) is 0 Å². The van der Waals surface area contributed by atoms with Crippen molar-refractivity contribution in [2.45, 2.75) is 59.3 Å². The van der Waals surface area contributed by atoms with E-state index in [0.717, 1.165) is 35.2 Å². The third-order valence-electron chi connectivity index (χ3n) is 7.21. The molecule has 2 fully saturated rings. The van der Waals surface area contributed by atoms with Crippen LogP contribution < -0.4 is 5.32 Å². The Morgan fingerprint density at radius 1 is 1.25 bits per heavy atom. The van der Waals surface area contributed by atoms with E-state index in [0.29, 0.717) is 19.0 Å². The second-order valence-corrected chi connectivity index (χ2v) is 11.2. The number of hydrogen-bond donors (Lipinski definition) is 2. The van der Waals surface area contributed by atoms with E-state index >= 15 is 0 Å². The SMILES string of the molecule is CC1CN(C(=O)O)C(C(C)(C)C)C1OCc1cnn(C)c1-c1ccn2nc(NC(=O)C3CC3)cc2c1. The second kappa shape index (κ2) is 8.92. The normalized spacial score (nSPS) is 22.4. The summed E-state index contributed by atoms with van der Waals surface area (Å²) in [4.78, 5) is 25.5. The molecule has 3 atom stereocenters. The van der Waals surface area contributed by atoms with Crippen LogP contribution in [0.4, 0.5) is 10.6 Å². The summed E-state index contributed by atoms with van der Waals surface area (Å²) in [7, 11) is 1.89. The lowest BCUT2D eigenvalue weighted by Crippen LogP contribution is -2.48. The predicted molar refractivity (Wildman–Crippen MR) is 134 cm³/mol. The van der Waals surface area contributed by atoms with Crippen LogP contribution in [0.25, 0.3) is 16.8 Å². The minimum Gasteiger partial charge on any atom is -0.465 e. The molecule has 1 saturated carbocycles. The monoisotopic (exact) mass is 494 g/mol. The number of ether oxygens (including phenoxy) is 1. The van der Waals surface area contributed by atoms with Crippen LogP contribution in [-0.4, -0.2) is 60.1 Å². The van der Waals surface area contributed by atoms with Gasteiger partial charge in [0.2, 0.25) is 5.91 Å². The molecule has 192 valence electrons. The minimum atomic E-state index is -0.906. The molecule has 0 radical (unpaired) electrons. The fourth-order valence-electron chi connectivity index (χ4n) is 5.35. The summed E-state index contributed by atoms with van der Waals surface area (Å²) in [6.45, 7) is 8.99. The van der Waals surface area contributed by atoms with Gasteiger partial charge in [-0.25, -0.2) is 9.31 Å². The van der Waals surface area contributed by atoms with Crippen molar-refractivity contribution in [1.29, 1.82) is 0 Å². The zero-order valence-corrected chi connectivity index (χ0v) is 21.4. The van der Waals surface area contributed by atoms with Gasteiger partial charge in [-0.1, -0.05) is 27.7 Å². The number of carboxylic acid groups (broad SMARTS) is 1. The fourth-order valence-corrected chi connectivity index (χ4v) is 5.35. The molecule has 2 amide bonds. The van der Waals surface area contributed by atoms with E-state index in [9.17, 15) is 14.7 Å². The van der Waals surface area contributed by atoms with Crippen molar-refractivity contribution >= 4 is 23.3 Å². The summed E-state index contributed by atoms with van der Waals surface area (Å²) in [5, 5.41) is 21.6. The summed E-state index contributed by atoms with van der Waals surface area (Å²) in [6.07, 6.45) is 4.44. The number of nitrogens with zero attached hydrogens (tertiary/aromatic N) is 5. The number of aryl methyl sites for hydroxylation is 1. The van der Waals surface area contributed by atoms with Gasteiger partial charge in [-0.3, -0.25) is 9.48 Å². The van der Waals surface area contributed by atoms with E-state index in [1.165, 1.54) is 4.90 Å². The maximum Gasteiger partial charge on any atom is 0.407 e. The zero-order chi connectivity index (χ0) is 25.8. The Morgan fingerprint density at radius 3 is 2.67 bits per heavy atom. The summed E-state index contributed by atoms with van der Waals surface area (Å²) >= 11 is 0. The van der Waals surface area contributed by atoms with Crippen molar-refractivity contribution in [3.05, 3.63) is 36.2 Å². The Balaban J connectivity index is 1.37. The Morgan fingerprint density at radius 2 is 2.00 bits per heavy atom. The average Bonchev–Trinajstić information content (AvgIpc) is 3.35.